The number of carboxylic acids is 1. The normalized spacial score (nSPS) is 12.7. The van der Waals surface area contributed by atoms with Gasteiger partial charge in [-0.2, -0.15) is 5.16 Å². The van der Waals surface area contributed by atoms with Crippen molar-refractivity contribution in [1.82, 2.24) is 5.16 Å². The third kappa shape index (κ3) is 2.95. The molecule has 1 aromatic heterocycles. The van der Waals surface area contributed by atoms with Gasteiger partial charge in [-0.1, -0.05) is 0 Å². The molecule has 0 aromatic carbocycles. The number of hydrogen-bond acceptors (Lipinski definition) is 4. The predicted molar refractivity (Wildman–Crippen MR) is 52.6 cm³/mol. The summed E-state index contributed by atoms with van der Waals surface area (Å²) in [6, 6.07) is -0.865. The molecule has 1 rings (SSSR count). The van der Waals surface area contributed by atoms with E-state index in [-0.39, 0.29) is 5.56 Å². The van der Waals surface area contributed by atoms with Crippen LogP contribution in [0.2, 0.25) is 0 Å². The van der Waals surface area contributed by atoms with Crippen molar-refractivity contribution < 1.29 is 14.4 Å². The number of aliphatic carboxylic acids is 1. The minimum atomic E-state index is -1.02. The zero-order valence-corrected chi connectivity index (χ0v) is 8.45. The topological polar surface area (TPSA) is 109 Å². The number of nitrogens with two attached hydrogens (primary N) is 1. The molecule has 1 aromatic rings. The number of carboxylic acid groups (broad SMARTS) is 1. The maximum Gasteiger partial charge on any atom is 0.320 e. The molecule has 0 saturated carbocycles. The highest BCUT2D eigenvalue weighted by Gasteiger charge is 2.13. The fourth-order valence-corrected chi connectivity index (χ4v) is 1.32. The fourth-order valence-electron chi connectivity index (χ4n) is 1.32. The number of carbonyl (C=O) groups is 1. The van der Waals surface area contributed by atoms with Crippen LogP contribution in [-0.4, -0.2) is 22.3 Å². The van der Waals surface area contributed by atoms with E-state index in [9.17, 15) is 9.59 Å². The van der Waals surface area contributed by atoms with Crippen molar-refractivity contribution >= 4 is 5.97 Å². The second kappa shape index (κ2) is 4.79. The molecule has 6 heteroatoms. The van der Waals surface area contributed by atoms with Gasteiger partial charge in [0.05, 0.1) is 5.56 Å². The van der Waals surface area contributed by atoms with Gasteiger partial charge in [-0.3, -0.25) is 9.59 Å². The Morgan fingerprint density at radius 1 is 1.67 bits per heavy atom. The Bertz CT molecular complexity index is 393. The van der Waals surface area contributed by atoms with Gasteiger partial charge in [0, 0.05) is 0 Å². The molecule has 0 amide bonds. The number of H-pyrrole nitrogens is 1. The Morgan fingerprint density at radius 2 is 2.33 bits per heavy atom. The van der Waals surface area contributed by atoms with Gasteiger partial charge in [-0.15, -0.1) is 0 Å². The quantitative estimate of drug-likeness (QED) is 0.639. The summed E-state index contributed by atoms with van der Waals surface area (Å²) >= 11 is 0. The molecule has 4 N–H and O–H groups in total. The number of hydrogen-bond donors (Lipinski definition) is 3. The van der Waals surface area contributed by atoms with Crippen LogP contribution in [0.4, 0.5) is 0 Å². The molecule has 84 valence electrons. The minimum absolute atomic E-state index is 0.253. The average Bonchev–Trinajstić information content (AvgIpc) is 2.48. The first-order chi connectivity index (χ1) is 7.02. The third-order valence-electron chi connectivity index (χ3n) is 2.25. The van der Waals surface area contributed by atoms with Gasteiger partial charge < -0.3 is 15.4 Å². The van der Waals surface area contributed by atoms with Gasteiger partial charge in [0.1, 0.15) is 11.8 Å². The Kier molecular flexibility index (Phi) is 3.68. The van der Waals surface area contributed by atoms with E-state index in [2.05, 4.69) is 5.16 Å². The lowest BCUT2D eigenvalue weighted by Gasteiger charge is -2.04. The van der Waals surface area contributed by atoms with E-state index in [0.717, 1.165) is 0 Å². The first kappa shape index (κ1) is 11.5. The Balaban J connectivity index is 2.45. The smallest absolute Gasteiger partial charge is 0.320 e. The van der Waals surface area contributed by atoms with Crippen molar-refractivity contribution in [3.8, 4) is 0 Å². The molecule has 0 saturated heterocycles. The summed E-state index contributed by atoms with van der Waals surface area (Å²) < 4.78 is 4.82. The van der Waals surface area contributed by atoms with Crippen molar-refractivity contribution in [1.29, 1.82) is 0 Å². The van der Waals surface area contributed by atoms with Crippen LogP contribution >= 0.6 is 0 Å². The van der Waals surface area contributed by atoms with E-state index in [4.69, 9.17) is 15.4 Å². The molecule has 1 unspecified atom stereocenters. The molecule has 0 aliphatic rings. The number of aryl methyl sites for hydroxylation is 1. The largest absolute Gasteiger partial charge is 0.480 e. The molecule has 0 aliphatic heterocycles. The molecule has 0 aliphatic carbocycles. The van der Waals surface area contributed by atoms with Gasteiger partial charge >= 0.3 is 5.97 Å². The summed E-state index contributed by atoms with van der Waals surface area (Å²) in [5.41, 5.74) is 5.63. The van der Waals surface area contributed by atoms with E-state index in [1.54, 1.807) is 6.92 Å². The van der Waals surface area contributed by atoms with Crippen molar-refractivity contribution in [3.05, 3.63) is 21.7 Å². The summed E-state index contributed by atoms with van der Waals surface area (Å²) in [7, 11) is 0. The second-order valence-corrected chi connectivity index (χ2v) is 3.40. The lowest BCUT2D eigenvalue weighted by atomic mass is 10.1. The lowest BCUT2D eigenvalue weighted by molar-refractivity contribution is -0.138. The van der Waals surface area contributed by atoms with E-state index < -0.39 is 12.0 Å². The van der Waals surface area contributed by atoms with Crippen molar-refractivity contribution in [2.45, 2.75) is 32.2 Å². The molecule has 1 atom stereocenters. The zero-order chi connectivity index (χ0) is 11.4. The predicted octanol–water partition coefficient (Wildman–Crippen LogP) is 0.0109. The summed E-state index contributed by atoms with van der Waals surface area (Å²) in [5, 5.41) is 10.8. The Morgan fingerprint density at radius 3 is 2.80 bits per heavy atom. The van der Waals surface area contributed by atoms with Gasteiger partial charge in [0.25, 0.3) is 5.56 Å². The zero-order valence-electron chi connectivity index (χ0n) is 8.45. The molecule has 15 heavy (non-hydrogen) atoms. The number of aromatic amines is 1. The monoisotopic (exact) mass is 214 g/mol. The standard InChI is InChI=1S/C9H14N2O4/c1-5-6(8(12)11-15-5)3-2-4-7(10)9(13)14/h7H,2-4,10H2,1H3,(H,11,12)(H,13,14). The maximum absolute atomic E-state index is 11.2. The molecule has 0 spiro atoms. The number of nitrogens with one attached hydrogen (secondary N) is 1. The molecular weight excluding hydrogens is 200 g/mol. The highest BCUT2D eigenvalue weighted by molar-refractivity contribution is 5.72. The SMILES string of the molecule is Cc1o[nH]c(=O)c1CCCC(N)C(=O)O. The van der Waals surface area contributed by atoms with Crippen LogP contribution < -0.4 is 11.3 Å². The number of aromatic nitrogens is 1. The lowest BCUT2D eigenvalue weighted by Crippen LogP contribution is -2.30. The van der Waals surface area contributed by atoms with Gasteiger partial charge in [0.2, 0.25) is 0 Å². The van der Waals surface area contributed by atoms with Crippen molar-refractivity contribution in [2.24, 2.45) is 5.73 Å². The van der Waals surface area contributed by atoms with Gasteiger partial charge in [0.15, 0.2) is 0 Å². The maximum atomic E-state index is 11.2. The van der Waals surface area contributed by atoms with E-state index in [1.165, 1.54) is 0 Å². The van der Waals surface area contributed by atoms with Crippen LogP contribution in [-0.2, 0) is 11.2 Å². The summed E-state index contributed by atoms with van der Waals surface area (Å²) in [5.74, 6) is -0.475. The van der Waals surface area contributed by atoms with Gasteiger partial charge in [-0.25, -0.2) is 0 Å². The Labute approximate surface area is 86.0 Å². The first-order valence-corrected chi connectivity index (χ1v) is 4.67. The molecular formula is C9H14N2O4. The summed E-state index contributed by atoms with van der Waals surface area (Å²) in [6.45, 7) is 1.68. The van der Waals surface area contributed by atoms with Crippen LogP contribution in [0.1, 0.15) is 24.2 Å². The Hall–Kier alpha value is -1.56. The van der Waals surface area contributed by atoms with Crippen molar-refractivity contribution in [2.75, 3.05) is 0 Å². The van der Waals surface area contributed by atoms with Crippen LogP contribution in [0.5, 0.6) is 0 Å². The molecule has 0 radical (unpaired) electrons. The van der Waals surface area contributed by atoms with Crippen LogP contribution in [0.25, 0.3) is 0 Å². The van der Waals surface area contributed by atoms with E-state index in [1.807, 2.05) is 0 Å². The molecule has 0 bridgehead atoms. The third-order valence-corrected chi connectivity index (χ3v) is 2.25. The molecule has 0 fully saturated rings. The fraction of sp³-hybridized carbons (Fsp3) is 0.556. The second-order valence-electron chi connectivity index (χ2n) is 3.40. The number of rotatable bonds is 5. The average molecular weight is 214 g/mol. The highest BCUT2D eigenvalue weighted by atomic mass is 16.5. The molecule has 6 nitrogen and oxygen atoms in total. The minimum Gasteiger partial charge on any atom is -0.480 e. The van der Waals surface area contributed by atoms with Crippen LogP contribution in [0, 0.1) is 6.92 Å². The summed E-state index contributed by atoms with van der Waals surface area (Å²) in [6.07, 6.45) is 1.38. The van der Waals surface area contributed by atoms with Gasteiger partial charge in [-0.05, 0) is 26.2 Å². The van der Waals surface area contributed by atoms with Crippen LogP contribution in [0.15, 0.2) is 9.32 Å². The molecule has 1 heterocycles. The van der Waals surface area contributed by atoms with E-state index >= 15 is 0 Å². The van der Waals surface area contributed by atoms with Crippen molar-refractivity contribution in [3.63, 3.8) is 0 Å². The van der Waals surface area contributed by atoms with Crippen LogP contribution in [0.3, 0.4) is 0 Å². The summed E-state index contributed by atoms with van der Waals surface area (Å²) in [4.78, 5) is 21.6. The highest BCUT2D eigenvalue weighted by Crippen LogP contribution is 2.06. The first-order valence-electron chi connectivity index (χ1n) is 4.67. The van der Waals surface area contributed by atoms with E-state index in [0.29, 0.717) is 30.6 Å².